The normalized spacial score (nSPS) is 17.4. The topological polar surface area (TPSA) is 237 Å². The van der Waals surface area contributed by atoms with Crippen molar-refractivity contribution >= 4 is 37.1 Å². The molecule has 0 atom stereocenters. The number of hydrogen-bond acceptors (Lipinski definition) is 11. The predicted molar refractivity (Wildman–Crippen MR) is 129 cm³/mol. The van der Waals surface area contributed by atoms with Crippen molar-refractivity contribution in [2.75, 3.05) is 18.5 Å². The average molecular weight is 578 g/mol. The fourth-order valence-corrected chi connectivity index (χ4v) is 5.05. The minimum absolute atomic E-state index is 0.0301. The number of hydrogen-bond donors (Lipinski definition) is 3. The van der Waals surface area contributed by atoms with Gasteiger partial charge in [-0.05, 0) is 37.1 Å². The molecule has 2 aromatic carbocycles. The Kier molecular flexibility index (Phi) is 8.64. The highest BCUT2D eigenvalue weighted by molar-refractivity contribution is 7.89. The molecule has 1 saturated heterocycles. The lowest BCUT2D eigenvalue weighted by Gasteiger charge is -2.35. The molecule has 1 spiro atoms. The van der Waals surface area contributed by atoms with Gasteiger partial charge in [-0.25, -0.2) is 27.1 Å². The zero-order valence-electron chi connectivity index (χ0n) is 19.6. The third kappa shape index (κ3) is 7.17. The molecule has 2 aromatic rings. The standard InChI is InChI=1S/C14H19N3O6S.C6H5FN2O4S/c15-24(20,21)11-1-2-12(13(9-11)17(18)19)16-10-3-5-14(6-4-10)22-7-8-23-14;7-5-2-1-4(14(8,12)13)3-6(5)9(10)11/h1-2,9-10,16H,3-8H2,(H2,15,20,21);1-3H,(H2,8,12,13). The Morgan fingerprint density at radius 1 is 0.868 bits per heavy atom. The summed E-state index contributed by atoms with van der Waals surface area (Å²) in [6.45, 7) is 1.19. The second kappa shape index (κ2) is 11.2. The number of rotatable bonds is 6. The van der Waals surface area contributed by atoms with Gasteiger partial charge in [-0.15, -0.1) is 0 Å². The summed E-state index contributed by atoms with van der Waals surface area (Å²) in [4.78, 5) is 19.0. The lowest BCUT2D eigenvalue weighted by Crippen LogP contribution is -2.39. The van der Waals surface area contributed by atoms with Gasteiger partial charge in [0.05, 0.1) is 32.9 Å². The fraction of sp³-hybridized carbons (Fsp3) is 0.400. The number of primary sulfonamides is 2. The van der Waals surface area contributed by atoms with E-state index in [-0.39, 0.29) is 22.3 Å². The predicted octanol–water partition coefficient (Wildman–Crippen LogP) is 1.72. The van der Waals surface area contributed by atoms with Crippen molar-refractivity contribution in [1.82, 2.24) is 0 Å². The second-order valence-corrected chi connectivity index (χ2v) is 11.5. The van der Waals surface area contributed by atoms with E-state index >= 15 is 0 Å². The summed E-state index contributed by atoms with van der Waals surface area (Å²) in [5.74, 6) is -1.61. The molecule has 0 unspecified atom stereocenters. The number of ether oxygens (including phenoxy) is 2. The maximum absolute atomic E-state index is 12.7. The number of nitro groups is 2. The van der Waals surface area contributed by atoms with Crippen LogP contribution >= 0.6 is 0 Å². The van der Waals surface area contributed by atoms with Gasteiger partial charge in [0.1, 0.15) is 5.69 Å². The van der Waals surface area contributed by atoms with Crippen LogP contribution in [0.3, 0.4) is 0 Å². The van der Waals surface area contributed by atoms with Gasteiger partial charge in [0.25, 0.3) is 5.69 Å². The number of benzene rings is 2. The van der Waals surface area contributed by atoms with Gasteiger partial charge in [-0.3, -0.25) is 20.2 Å². The van der Waals surface area contributed by atoms with Crippen LogP contribution in [0.2, 0.25) is 0 Å². The summed E-state index contributed by atoms with van der Waals surface area (Å²) >= 11 is 0. The zero-order valence-corrected chi connectivity index (χ0v) is 21.2. The number of sulfonamides is 2. The number of halogens is 1. The molecule has 0 bridgehead atoms. The van der Waals surface area contributed by atoms with Crippen molar-refractivity contribution < 1.29 is 40.5 Å². The Morgan fingerprint density at radius 2 is 1.34 bits per heavy atom. The molecule has 208 valence electrons. The number of nitrogens with zero attached hydrogens (tertiary/aromatic N) is 2. The van der Waals surface area contributed by atoms with Crippen molar-refractivity contribution in [1.29, 1.82) is 0 Å². The van der Waals surface area contributed by atoms with Gasteiger partial charge < -0.3 is 14.8 Å². The van der Waals surface area contributed by atoms with Gasteiger partial charge >= 0.3 is 5.69 Å². The van der Waals surface area contributed by atoms with Crippen molar-refractivity contribution in [2.24, 2.45) is 10.3 Å². The van der Waals surface area contributed by atoms with E-state index in [1.165, 1.54) is 12.1 Å². The first-order valence-electron chi connectivity index (χ1n) is 10.9. The second-order valence-electron chi connectivity index (χ2n) is 8.42. The van der Waals surface area contributed by atoms with Crippen LogP contribution in [0.25, 0.3) is 0 Å². The molecule has 2 fully saturated rings. The lowest BCUT2D eigenvalue weighted by atomic mass is 9.90. The molecule has 5 N–H and O–H groups in total. The number of nitrogens with two attached hydrogens (primary N) is 2. The van der Waals surface area contributed by atoms with Crippen LogP contribution in [-0.4, -0.2) is 51.7 Å². The summed E-state index contributed by atoms with van der Waals surface area (Å²) < 4.78 is 68.3. The fourth-order valence-electron chi connectivity index (χ4n) is 3.98. The van der Waals surface area contributed by atoms with Gasteiger partial charge in [0, 0.05) is 31.0 Å². The van der Waals surface area contributed by atoms with Crippen molar-refractivity contribution in [2.45, 2.75) is 47.3 Å². The molecule has 0 radical (unpaired) electrons. The molecule has 38 heavy (non-hydrogen) atoms. The summed E-state index contributed by atoms with van der Waals surface area (Å²) in [5.41, 5.74) is -0.951. The smallest absolute Gasteiger partial charge is 0.306 e. The van der Waals surface area contributed by atoms with Crippen molar-refractivity contribution in [3.63, 3.8) is 0 Å². The van der Waals surface area contributed by atoms with Crippen molar-refractivity contribution in [3.8, 4) is 0 Å². The molecule has 1 aliphatic heterocycles. The Labute approximate surface area is 216 Å². The average Bonchev–Trinajstić information content (AvgIpc) is 3.28. The van der Waals surface area contributed by atoms with Gasteiger partial charge in [-0.2, -0.15) is 4.39 Å². The van der Waals surface area contributed by atoms with Gasteiger partial charge in [0.15, 0.2) is 5.79 Å². The monoisotopic (exact) mass is 577 g/mol. The zero-order chi connectivity index (χ0) is 28.3. The summed E-state index contributed by atoms with van der Waals surface area (Å²) in [5, 5.41) is 34.3. The van der Waals surface area contributed by atoms with Crippen LogP contribution in [0, 0.1) is 26.0 Å². The van der Waals surface area contributed by atoms with E-state index in [2.05, 4.69) is 5.32 Å². The van der Waals surface area contributed by atoms with Crippen LogP contribution in [0.1, 0.15) is 25.7 Å². The summed E-state index contributed by atoms with van der Waals surface area (Å²) in [6, 6.07) is 5.76. The molecular formula is C20H24FN5O10S2. The van der Waals surface area contributed by atoms with E-state index < -0.39 is 52.1 Å². The first-order chi connectivity index (χ1) is 17.6. The van der Waals surface area contributed by atoms with E-state index in [0.717, 1.165) is 25.0 Å². The molecule has 1 saturated carbocycles. The number of anilines is 1. The first-order valence-corrected chi connectivity index (χ1v) is 14.0. The largest absolute Gasteiger partial charge is 0.377 e. The van der Waals surface area contributed by atoms with E-state index in [9.17, 15) is 41.5 Å². The Morgan fingerprint density at radius 3 is 1.82 bits per heavy atom. The molecule has 2 aliphatic rings. The maximum Gasteiger partial charge on any atom is 0.306 e. The van der Waals surface area contributed by atoms with Crippen LogP contribution in [0.4, 0.5) is 21.5 Å². The van der Waals surface area contributed by atoms with Gasteiger partial charge in [-0.1, -0.05) is 0 Å². The molecule has 0 amide bonds. The first kappa shape index (κ1) is 29.3. The highest BCUT2D eigenvalue weighted by Crippen LogP contribution is 2.38. The highest BCUT2D eigenvalue weighted by Gasteiger charge is 2.40. The minimum Gasteiger partial charge on any atom is -0.377 e. The third-order valence-corrected chi connectivity index (χ3v) is 7.68. The molecule has 1 heterocycles. The van der Waals surface area contributed by atoms with E-state index in [4.69, 9.17) is 19.8 Å². The molecule has 0 aromatic heterocycles. The molecule has 4 rings (SSSR count). The molecule has 15 nitrogen and oxygen atoms in total. The Bertz CT molecular complexity index is 1440. The van der Waals surface area contributed by atoms with Crippen LogP contribution < -0.4 is 15.6 Å². The minimum atomic E-state index is -4.05. The highest BCUT2D eigenvalue weighted by atomic mass is 32.2. The van der Waals surface area contributed by atoms with E-state index in [0.29, 0.717) is 38.2 Å². The number of nitro benzene ring substituents is 2. The van der Waals surface area contributed by atoms with Crippen LogP contribution in [0.15, 0.2) is 46.2 Å². The Hall–Kier alpha value is -3.29. The van der Waals surface area contributed by atoms with Crippen molar-refractivity contribution in [3.05, 3.63) is 62.4 Å². The summed E-state index contributed by atoms with van der Waals surface area (Å²) in [7, 11) is -8.04. The van der Waals surface area contributed by atoms with Crippen LogP contribution in [0.5, 0.6) is 0 Å². The lowest BCUT2D eigenvalue weighted by molar-refractivity contribution is -0.387. The molecular weight excluding hydrogens is 553 g/mol. The van der Waals surface area contributed by atoms with Gasteiger partial charge in [0.2, 0.25) is 25.9 Å². The van der Waals surface area contributed by atoms with Crippen LogP contribution in [-0.2, 0) is 29.5 Å². The Balaban J connectivity index is 0.000000244. The summed E-state index contributed by atoms with van der Waals surface area (Å²) in [6.07, 6.45) is 2.92. The molecule has 1 aliphatic carbocycles. The SMILES string of the molecule is NS(=O)(=O)c1ccc(F)c([N+](=O)[O-])c1.NS(=O)(=O)c1ccc(NC2CCC3(CC2)OCCO3)c([N+](=O)[O-])c1. The van der Waals surface area contributed by atoms with E-state index in [1.807, 2.05) is 0 Å². The maximum atomic E-state index is 12.7. The van der Waals surface area contributed by atoms with E-state index in [1.54, 1.807) is 0 Å². The molecule has 18 heteroatoms. The third-order valence-electron chi connectivity index (χ3n) is 5.86. The quantitative estimate of drug-likeness (QED) is 0.330. The number of nitrogens with one attached hydrogen (secondary N) is 1.